The van der Waals surface area contributed by atoms with Gasteiger partial charge in [-0.3, -0.25) is 0 Å². The highest BCUT2D eigenvalue weighted by atomic mass is 16.5. The van der Waals surface area contributed by atoms with E-state index in [0.29, 0.717) is 5.92 Å². The molecule has 0 unspecified atom stereocenters. The summed E-state index contributed by atoms with van der Waals surface area (Å²) in [7, 11) is 3.30. The van der Waals surface area contributed by atoms with Gasteiger partial charge in [-0.2, -0.15) is 0 Å². The molecule has 1 aliphatic heterocycles. The average Bonchev–Trinajstić information content (AvgIpc) is 2.69. The number of anilines is 1. The first kappa shape index (κ1) is 18.1. The van der Waals surface area contributed by atoms with Crippen molar-refractivity contribution >= 4 is 11.7 Å². The predicted octanol–water partition coefficient (Wildman–Crippen LogP) is 4.19. The molecule has 1 saturated heterocycles. The van der Waals surface area contributed by atoms with Gasteiger partial charge >= 0.3 is 6.03 Å². The zero-order valence-electron chi connectivity index (χ0n) is 15.4. The molecule has 1 heterocycles. The number of carbonyl (C=O) groups is 1. The first-order chi connectivity index (χ1) is 12.7. The lowest BCUT2D eigenvalue weighted by atomic mass is 9.90. The first-order valence-corrected chi connectivity index (χ1v) is 9.01. The van der Waals surface area contributed by atoms with Gasteiger partial charge in [0.25, 0.3) is 0 Å². The smallest absolute Gasteiger partial charge is 0.321 e. The fourth-order valence-electron chi connectivity index (χ4n) is 3.41. The highest BCUT2D eigenvalue weighted by molar-refractivity contribution is 5.89. The van der Waals surface area contributed by atoms with E-state index < -0.39 is 0 Å². The number of hydrogen-bond donors (Lipinski definition) is 1. The standard InChI is InChI=1S/C21H26N2O3/c1-25-19-9-8-17(15-20(19)26-2)14-16-10-12-23(13-11-16)21(24)22-18-6-4-3-5-7-18/h3-9,15-16H,10-14H2,1-2H3,(H,22,24). The van der Waals surface area contributed by atoms with Crippen molar-refractivity contribution in [1.29, 1.82) is 0 Å². The SMILES string of the molecule is COc1ccc(CC2CCN(C(=O)Nc3ccccc3)CC2)cc1OC. The van der Waals surface area contributed by atoms with Crippen molar-refractivity contribution in [2.75, 3.05) is 32.6 Å². The molecular formula is C21H26N2O3. The molecular weight excluding hydrogens is 328 g/mol. The van der Waals surface area contributed by atoms with Crippen molar-refractivity contribution in [3.63, 3.8) is 0 Å². The van der Waals surface area contributed by atoms with Gasteiger partial charge in [-0.05, 0) is 55.0 Å². The van der Waals surface area contributed by atoms with E-state index in [-0.39, 0.29) is 6.03 Å². The number of carbonyl (C=O) groups excluding carboxylic acids is 1. The highest BCUT2D eigenvalue weighted by Gasteiger charge is 2.23. The molecule has 0 radical (unpaired) electrons. The summed E-state index contributed by atoms with van der Waals surface area (Å²) in [5.41, 5.74) is 2.08. The molecule has 5 heteroatoms. The zero-order valence-corrected chi connectivity index (χ0v) is 15.4. The lowest BCUT2D eigenvalue weighted by molar-refractivity contribution is 0.182. The van der Waals surface area contributed by atoms with Crippen LogP contribution < -0.4 is 14.8 Å². The number of nitrogens with zero attached hydrogens (tertiary/aromatic N) is 1. The van der Waals surface area contributed by atoms with Crippen LogP contribution in [0.2, 0.25) is 0 Å². The Morgan fingerprint density at radius 2 is 1.73 bits per heavy atom. The maximum absolute atomic E-state index is 12.4. The molecule has 26 heavy (non-hydrogen) atoms. The second-order valence-corrected chi connectivity index (χ2v) is 6.62. The van der Waals surface area contributed by atoms with E-state index in [1.807, 2.05) is 47.4 Å². The van der Waals surface area contributed by atoms with Crippen LogP contribution in [0.5, 0.6) is 11.5 Å². The van der Waals surface area contributed by atoms with Gasteiger partial charge in [0.05, 0.1) is 14.2 Å². The summed E-state index contributed by atoms with van der Waals surface area (Å²) in [4.78, 5) is 14.3. The van der Waals surface area contributed by atoms with Crippen molar-refractivity contribution < 1.29 is 14.3 Å². The van der Waals surface area contributed by atoms with Gasteiger partial charge < -0.3 is 19.7 Å². The second-order valence-electron chi connectivity index (χ2n) is 6.62. The molecule has 0 aromatic heterocycles. The van der Waals surface area contributed by atoms with Crippen molar-refractivity contribution in [3.8, 4) is 11.5 Å². The molecule has 3 rings (SSSR count). The quantitative estimate of drug-likeness (QED) is 0.876. The zero-order chi connectivity index (χ0) is 18.4. The van der Waals surface area contributed by atoms with Gasteiger partial charge in [0.15, 0.2) is 11.5 Å². The van der Waals surface area contributed by atoms with Gasteiger partial charge in [-0.1, -0.05) is 24.3 Å². The van der Waals surface area contributed by atoms with Crippen LogP contribution in [0.25, 0.3) is 0 Å². The number of piperidine rings is 1. The number of benzene rings is 2. The summed E-state index contributed by atoms with van der Waals surface area (Å²) in [6.07, 6.45) is 3.02. The second kappa shape index (κ2) is 8.61. The number of hydrogen-bond acceptors (Lipinski definition) is 3. The lowest BCUT2D eigenvalue weighted by Crippen LogP contribution is -2.41. The van der Waals surface area contributed by atoms with Crippen LogP contribution in [-0.2, 0) is 6.42 Å². The van der Waals surface area contributed by atoms with E-state index in [1.165, 1.54) is 5.56 Å². The summed E-state index contributed by atoms with van der Waals surface area (Å²) in [5, 5.41) is 2.96. The average molecular weight is 354 g/mol. The van der Waals surface area contributed by atoms with E-state index in [9.17, 15) is 4.79 Å². The third-order valence-corrected chi connectivity index (χ3v) is 4.90. The number of nitrogens with one attached hydrogen (secondary N) is 1. The van der Waals surface area contributed by atoms with Crippen LogP contribution in [0.3, 0.4) is 0 Å². The molecule has 0 bridgehead atoms. The first-order valence-electron chi connectivity index (χ1n) is 9.01. The number of methoxy groups -OCH3 is 2. The number of rotatable bonds is 5. The van der Waals surface area contributed by atoms with Crippen molar-refractivity contribution in [2.24, 2.45) is 5.92 Å². The van der Waals surface area contributed by atoms with Gasteiger partial charge in [-0.25, -0.2) is 4.79 Å². The van der Waals surface area contributed by atoms with Crippen LogP contribution in [-0.4, -0.2) is 38.2 Å². The lowest BCUT2D eigenvalue weighted by Gasteiger charge is -2.32. The largest absolute Gasteiger partial charge is 0.493 e. The summed E-state index contributed by atoms with van der Waals surface area (Å²) in [6.45, 7) is 1.58. The Hall–Kier alpha value is -2.69. The summed E-state index contributed by atoms with van der Waals surface area (Å²) >= 11 is 0. The molecule has 2 amide bonds. The summed E-state index contributed by atoms with van der Waals surface area (Å²) in [6, 6.07) is 15.7. The minimum Gasteiger partial charge on any atom is -0.493 e. The fourth-order valence-corrected chi connectivity index (χ4v) is 3.41. The van der Waals surface area contributed by atoms with E-state index in [2.05, 4.69) is 11.4 Å². The Labute approximate surface area is 154 Å². The van der Waals surface area contributed by atoms with Gasteiger partial charge in [-0.15, -0.1) is 0 Å². The van der Waals surface area contributed by atoms with E-state index >= 15 is 0 Å². The van der Waals surface area contributed by atoms with Crippen LogP contribution in [0.1, 0.15) is 18.4 Å². The highest BCUT2D eigenvalue weighted by Crippen LogP contribution is 2.30. The number of urea groups is 1. The van der Waals surface area contributed by atoms with Crippen LogP contribution in [0.15, 0.2) is 48.5 Å². The summed E-state index contributed by atoms with van der Waals surface area (Å²) < 4.78 is 10.7. The van der Waals surface area contributed by atoms with Crippen LogP contribution >= 0.6 is 0 Å². The van der Waals surface area contributed by atoms with Crippen molar-refractivity contribution in [3.05, 3.63) is 54.1 Å². The topological polar surface area (TPSA) is 50.8 Å². The predicted molar refractivity (Wildman–Crippen MR) is 103 cm³/mol. The molecule has 2 aromatic rings. The number of amides is 2. The maximum atomic E-state index is 12.4. The van der Waals surface area contributed by atoms with E-state index in [0.717, 1.165) is 49.5 Å². The molecule has 0 aliphatic carbocycles. The molecule has 138 valence electrons. The molecule has 1 N–H and O–H groups in total. The Balaban J connectivity index is 1.51. The third-order valence-electron chi connectivity index (χ3n) is 4.90. The van der Waals surface area contributed by atoms with Gasteiger partial charge in [0.1, 0.15) is 0 Å². The third kappa shape index (κ3) is 4.48. The Morgan fingerprint density at radius 3 is 2.38 bits per heavy atom. The number of likely N-dealkylation sites (tertiary alicyclic amines) is 1. The van der Waals surface area contributed by atoms with Crippen LogP contribution in [0.4, 0.5) is 10.5 Å². The van der Waals surface area contributed by atoms with Crippen molar-refractivity contribution in [2.45, 2.75) is 19.3 Å². The normalized spacial score (nSPS) is 14.8. The Morgan fingerprint density at radius 1 is 1.04 bits per heavy atom. The Kier molecular flexibility index (Phi) is 6.00. The molecule has 0 saturated carbocycles. The molecule has 0 spiro atoms. The van der Waals surface area contributed by atoms with Crippen LogP contribution in [0, 0.1) is 5.92 Å². The molecule has 2 aromatic carbocycles. The molecule has 1 fully saturated rings. The summed E-state index contributed by atoms with van der Waals surface area (Å²) in [5.74, 6) is 2.10. The Bertz CT molecular complexity index is 725. The monoisotopic (exact) mass is 354 g/mol. The van der Waals surface area contributed by atoms with Gasteiger partial charge in [0, 0.05) is 18.8 Å². The maximum Gasteiger partial charge on any atom is 0.321 e. The van der Waals surface area contributed by atoms with Gasteiger partial charge in [0.2, 0.25) is 0 Å². The number of para-hydroxylation sites is 1. The van der Waals surface area contributed by atoms with Crippen molar-refractivity contribution in [1.82, 2.24) is 4.90 Å². The molecule has 0 atom stereocenters. The van der Waals surface area contributed by atoms with E-state index in [1.54, 1.807) is 14.2 Å². The minimum atomic E-state index is -0.0132. The van der Waals surface area contributed by atoms with E-state index in [4.69, 9.17) is 9.47 Å². The molecule has 5 nitrogen and oxygen atoms in total. The fraction of sp³-hybridized carbons (Fsp3) is 0.381. The minimum absolute atomic E-state index is 0.0132. The number of ether oxygens (including phenoxy) is 2. The molecule has 1 aliphatic rings.